The van der Waals surface area contributed by atoms with Crippen molar-refractivity contribution in [2.24, 2.45) is 0 Å². The zero-order valence-electron chi connectivity index (χ0n) is 12.6. The third kappa shape index (κ3) is 2.22. The van der Waals surface area contributed by atoms with E-state index in [9.17, 15) is 0 Å². The molecule has 2 heterocycles. The molecule has 0 aliphatic heterocycles. The lowest BCUT2D eigenvalue weighted by Crippen LogP contribution is -1.96. The maximum atomic E-state index is 5.61. The Kier molecular flexibility index (Phi) is 3.25. The molecule has 0 amide bonds. The molecule has 1 aliphatic carbocycles. The Bertz CT molecular complexity index is 807. The Hall–Kier alpha value is -2.43. The van der Waals surface area contributed by atoms with Crippen LogP contribution in [-0.4, -0.2) is 26.2 Å². The molecular weight excluding hydrogens is 276 g/mol. The lowest BCUT2D eigenvalue weighted by molar-refractivity contribution is 0.317. The molecular formula is C17H18N4O. The summed E-state index contributed by atoms with van der Waals surface area (Å²) in [4.78, 5) is 9.20. The van der Waals surface area contributed by atoms with Gasteiger partial charge in [-0.2, -0.15) is 0 Å². The van der Waals surface area contributed by atoms with Crippen molar-refractivity contribution < 1.29 is 4.74 Å². The van der Waals surface area contributed by atoms with Crippen molar-refractivity contribution in [3.63, 3.8) is 0 Å². The van der Waals surface area contributed by atoms with Crippen molar-refractivity contribution >= 4 is 5.65 Å². The maximum absolute atomic E-state index is 5.61. The van der Waals surface area contributed by atoms with Gasteiger partial charge in [-0.25, -0.2) is 14.5 Å². The normalized spacial score (nSPS) is 13.5. The van der Waals surface area contributed by atoms with E-state index >= 15 is 0 Å². The molecule has 1 aliphatic rings. The molecule has 22 heavy (non-hydrogen) atoms. The minimum absolute atomic E-state index is 0.740. The number of aromatic nitrogens is 4. The zero-order chi connectivity index (χ0) is 14.9. The van der Waals surface area contributed by atoms with E-state index in [2.05, 4.69) is 17.0 Å². The second kappa shape index (κ2) is 5.40. The Morgan fingerprint density at radius 2 is 2.05 bits per heavy atom. The van der Waals surface area contributed by atoms with E-state index in [1.807, 2.05) is 24.3 Å². The van der Waals surface area contributed by atoms with Gasteiger partial charge in [-0.05, 0) is 49.9 Å². The average molecular weight is 294 g/mol. The van der Waals surface area contributed by atoms with Crippen LogP contribution < -0.4 is 4.74 Å². The van der Waals surface area contributed by atoms with E-state index in [1.54, 1.807) is 10.8 Å². The van der Waals surface area contributed by atoms with E-state index in [0.717, 1.165) is 55.1 Å². The summed E-state index contributed by atoms with van der Waals surface area (Å²) in [6, 6.07) is 7.96. The van der Waals surface area contributed by atoms with Crippen LogP contribution >= 0.6 is 0 Å². The lowest BCUT2D eigenvalue weighted by Gasteiger charge is -2.04. The van der Waals surface area contributed by atoms with E-state index in [4.69, 9.17) is 9.72 Å². The molecule has 0 bridgehead atoms. The second-order valence-corrected chi connectivity index (χ2v) is 5.60. The first-order chi connectivity index (χ1) is 10.8. The maximum Gasteiger partial charge on any atom is 0.182 e. The molecule has 0 atom stereocenters. The molecule has 0 radical (unpaired) electrons. The highest BCUT2D eigenvalue weighted by molar-refractivity contribution is 5.61. The van der Waals surface area contributed by atoms with Gasteiger partial charge in [-0.3, -0.25) is 0 Å². The van der Waals surface area contributed by atoms with Crippen LogP contribution in [0.1, 0.15) is 31.0 Å². The van der Waals surface area contributed by atoms with Gasteiger partial charge in [0.15, 0.2) is 11.5 Å². The summed E-state index contributed by atoms with van der Waals surface area (Å²) >= 11 is 0. The summed E-state index contributed by atoms with van der Waals surface area (Å²) in [6.45, 7) is 2.84. The van der Waals surface area contributed by atoms with E-state index in [-0.39, 0.29) is 0 Å². The van der Waals surface area contributed by atoms with Gasteiger partial charge in [-0.1, -0.05) is 6.92 Å². The predicted molar refractivity (Wildman–Crippen MR) is 84.0 cm³/mol. The Morgan fingerprint density at radius 1 is 1.18 bits per heavy atom. The molecule has 0 N–H and O–H groups in total. The van der Waals surface area contributed by atoms with Crippen molar-refractivity contribution in [3.05, 3.63) is 41.9 Å². The molecule has 5 nitrogen and oxygen atoms in total. The molecule has 4 rings (SSSR count). The fourth-order valence-corrected chi connectivity index (χ4v) is 2.89. The topological polar surface area (TPSA) is 52.3 Å². The first-order valence-electron chi connectivity index (χ1n) is 7.81. The third-order valence-corrected chi connectivity index (χ3v) is 4.00. The summed E-state index contributed by atoms with van der Waals surface area (Å²) in [5, 5.41) is 4.55. The lowest BCUT2D eigenvalue weighted by atomic mass is 10.2. The Balaban J connectivity index is 1.69. The van der Waals surface area contributed by atoms with Crippen molar-refractivity contribution in [2.45, 2.75) is 32.6 Å². The van der Waals surface area contributed by atoms with Gasteiger partial charge in [0.25, 0.3) is 0 Å². The number of fused-ring (bicyclic) bond motifs is 3. The van der Waals surface area contributed by atoms with Gasteiger partial charge in [-0.15, -0.1) is 5.10 Å². The van der Waals surface area contributed by atoms with Gasteiger partial charge in [0.05, 0.1) is 6.61 Å². The Morgan fingerprint density at radius 3 is 2.86 bits per heavy atom. The first-order valence-corrected chi connectivity index (χ1v) is 7.81. The highest BCUT2D eigenvalue weighted by Crippen LogP contribution is 2.25. The van der Waals surface area contributed by atoms with Gasteiger partial charge >= 0.3 is 0 Å². The van der Waals surface area contributed by atoms with Gasteiger partial charge < -0.3 is 4.74 Å². The molecule has 1 aromatic carbocycles. The largest absolute Gasteiger partial charge is 0.494 e. The van der Waals surface area contributed by atoms with Crippen LogP contribution in [0.4, 0.5) is 0 Å². The predicted octanol–water partition coefficient (Wildman–Crippen LogP) is 3.07. The van der Waals surface area contributed by atoms with E-state index in [0.29, 0.717) is 0 Å². The van der Waals surface area contributed by atoms with Gasteiger partial charge in [0.1, 0.15) is 12.1 Å². The highest BCUT2D eigenvalue weighted by Gasteiger charge is 2.18. The van der Waals surface area contributed by atoms with Gasteiger partial charge in [0, 0.05) is 16.8 Å². The minimum Gasteiger partial charge on any atom is -0.494 e. The monoisotopic (exact) mass is 294 g/mol. The first kappa shape index (κ1) is 13.2. The molecule has 5 heteroatoms. The van der Waals surface area contributed by atoms with Crippen LogP contribution in [0.2, 0.25) is 0 Å². The van der Waals surface area contributed by atoms with Crippen LogP contribution in [0.15, 0.2) is 30.6 Å². The van der Waals surface area contributed by atoms with Crippen LogP contribution in [0, 0.1) is 0 Å². The van der Waals surface area contributed by atoms with Gasteiger partial charge in [0.2, 0.25) is 0 Å². The number of hydrogen-bond acceptors (Lipinski definition) is 4. The van der Waals surface area contributed by atoms with Crippen molar-refractivity contribution in [1.82, 2.24) is 19.6 Å². The highest BCUT2D eigenvalue weighted by atomic mass is 16.5. The summed E-state index contributed by atoms with van der Waals surface area (Å²) in [5.74, 6) is 1.63. The standard InChI is InChI=1S/C17H18N4O/c1-2-10-22-13-8-6-12(7-9-13)16-19-17-14-4-3-5-15(14)18-11-21(17)20-16/h6-9,11H,2-5,10H2,1H3. The van der Waals surface area contributed by atoms with Crippen LogP contribution in [-0.2, 0) is 12.8 Å². The van der Waals surface area contributed by atoms with Crippen LogP contribution in [0.3, 0.4) is 0 Å². The number of rotatable bonds is 4. The summed E-state index contributed by atoms with van der Waals surface area (Å²) < 4.78 is 7.40. The molecule has 3 aromatic rings. The van der Waals surface area contributed by atoms with Crippen molar-refractivity contribution in [2.75, 3.05) is 6.61 Å². The Labute approximate surface area is 129 Å². The average Bonchev–Trinajstić information content (AvgIpc) is 3.18. The fourth-order valence-electron chi connectivity index (χ4n) is 2.89. The van der Waals surface area contributed by atoms with E-state index < -0.39 is 0 Å². The zero-order valence-corrected chi connectivity index (χ0v) is 12.6. The molecule has 0 fully saturated rings. The molecule has 0 saturated carbocycles. The summed E-state index contributed by atoms with van der Waals surface area (Å²) in [5.41, 5.74) is 4.38. The number of hydrogen-bond donors (Lipinski definition) is 0. The summed E-state index contributed by atoms with van der Waals surface area (Å²) in [6.07, 6.45) is 6.04. The number of benzene rings is 1. The van der Waals surface area contributed by atoms with Crippen molar-refractivity contribution in [1.29, 1.82) is 0 Å². The third-order valence-electron chi connectivity index (χ3n) is 4.00. The van der Waals surface area contributed by atoms with Crippen LogP contribution in [0.5, 0.6) is 5.75 Å². The molecule has 0 unspecified atom stereocenters. The molecule has 112 valence electrons. The summed E-state index contributed by atoms with van der Waals surface area (Å²) in [7, 11) is 0. The number of aryl methyl sites for hydroxylation is 2. The second-order valence-electron chi connectivity index (χ2n) is 5.60. The SMILES string of the molecule is CCCOc1ccc(-c2nc3c4c(ncn3n2)CCC4)cc1. The number of ether oxygens (including phenoxy) is 1. The fraction of sp³-hybridized carbons (Fsp3) is 0.353. The smallest absolute Gasteiger partial charge is 0.182 e. The molecule has 0 spiro atoms. The minimum atomic E-state index is 0.740. The quantitative estimate of drug-likeness (QED) is 0.742. The van der Waals surface area contributed by atoms with E-state index in [1.165, 1.54) is 11.3 Å². The van der Waals surface area contributed by atoms with Crippen LogP contribution in [0.25, 0.3) is 17.0 Å². The number of nitrogens with zero attached hydrogens (tertiary/aromatic N) is 4. The van der Waals surface area contributed by atoms with Crippen molar-refractivity contribution in [3.8, 4) is 17.1 Å². The molecule has 0 saturated heterocycles. The molecule has 2 aromatic heterocycles.